The van der Waals surface area contributed by atoms with Crippen LogP contribution >= 0.6 is 0 Å². The maximum Gasteiger partial charge on any atom is 0.0737 e. The summed E-state index contributed by atoms with van der Waals surface area (Å²) in [6.07, 6.45) is 16.7. The van der Waals surface area contributed by atoms with Crippen LogP contribution in [0.1, 0.15) is 102 Å². The van der Waals surface area contributed by atoms with E-state index in [-0.39, 0.29) is 11.8 Å². The molecule has 13 rings (SSSR count). The Bertz CT molecular complexity index is 3810. The minimum Gasteiger partial charge on any atom is -0.364 e. The fourth-order valence-corrected chi connectivity index (χ4v) is 12.3. The van der Waals surface area contributed by atoms with Crippen molar-refractivity contribution in [2.24, 2.45) is 0 Å². The van der Waals surface area contributed by atoms with Gasteiger partial charge in [-0.1, -0.05) is 83.9 Å². The van der Waals surface area contributed by atoms with Crippen molar-refractivity contribution in [3.05, 3.63) is 260 Å². The van der Waals surface area contributed by atoms with E-state index in [1.165, 1.54) is 55.6 Å². The van der Waals surface area contributed by atoms with E-state index in [1.54, 1.807) is 0 Å². The third-order valence-electron chi connectivity index (χ3n) is 15.4. The monoisotopic (exact) mass is 986 g/mol. The summed E-state index contributed by atoms with van der Waals surface area (Å²) in [5.41, 5.74) is 30.1. The molecule has 370 valence electrons. The van der Waals surface area contributed by atoms with Gasteiger partial charge in [-0.15, -0.1) is 0 Å². The number of fused-ring (bicyclic) bond motifs is 8. The molecule has 11 aromatic rings. The highest BCUT2D eigenvalue weighted by Gasteiger charge is 2.24. The number of H-pyrrole nitrogens is 6. The number of nitrogens with one attached hydrogen (secondary N) is 6. The first-order valence-electron chi connectivity index (χ1n) is 26.2. The Labute approximate surface area is 442 Å². The molecule has 0 radical (unpaired) electrons. The van der Waals surface area contributed by atoms with Crippen LogP contribution in [0.15, 0.2) is 170 Å². The average Bonchev–Trinajstić information content (AvgIpc) is 4.26. The first kappa shape index (κ1) is 46.4. The van der Waals surface area contributed by atoms with Gasteiger partial charge in [-0.2, -0.15) is 0 Å². The quantitative estimate of drug-likeness (QED) is 0.0818. The van der Waals surface area contributed by atoms with Crippen molar-refractivity contribution in [2.75, 3.05) is 0 Å². The molecule has 2 aliphatic heterocycles. The van der Waals surface area contributed by atoms with E-state index in [2.05, 4.69) is 241 Å². The molecular formula is C68H58N8. The van der Waals surface area contributed by atoms with Gasteiger partial charge in [-0.3, -0.25) is 0 Å². The Morgan fingerprint density at radius 1 is 0.316 bits per heavy atom. The van der Waals surface area contributed by atoms with Crippen LogP contribution in [0, 0.1) is 41.5 Å². The van der Waals surface area contributed by atoms with Crippen LogP contribution in [-0.2, 0) is 0 Å². The number of aryl methyl sites for hydroxylation is 6. The lowest BCUT2D eigenvalue weighted by Gasteiger charge is -2.16. The molecule has 0 spiro atoms. The molecule has 8 bridgehead atoms. The van der Waals surface area contributed by atoms with Crippen molar-refractivity contribution < 1.29 is 0 Å². The van der Waals surface area contributed by atoms with Gasteiger partial charge in [0.1, 0.15) is 0 Å². The number of nitrogens with zero attached hydrogens (tertiary/aromatic N) is 2. The molecule has 0 fully saturated rings. The van der Waals surface area contributed by atoms with E-state index in [9.17, 15) is 0 Å². The van der Waals surface area contributed by atoms with E-state index in [4.69, 9.17) is 9.97 Å². The first-order valence-corrected chi connectivity index (χ1v) is 26.2. The maximum absolute atomic E-state index is 5.68. The minimum atomic E-state index is 0.0137. The van der Waals surface area contributed by atoms with Crippen LogP contribution in [0.3, 0.4) is 0 Å². The molecule has 8 nitrogen and oxygen atoms in total. The molecule has 0 amide bonds. The summed E-state index contributed by atoms with van der Waals surface area (Å²) in [4.78, 5) is 33.3. The highest BCUT2D eigenvalue weighted by molar-refractivity contribution is 6.01. The van der Waals surface area contributed by atoms with Crippen LogP contribution in [0.25, 0.3) is 90.9 Å². The summed E-state index contributed by atoms with van der Waals surface area (Å²) in [7, 11) is 0. The predicted molar refractivity (Wildman–Crippen MR) is 314 cm³/mol. The third kappa shape index (κ3) is 8.19. The second-order valence-electron chi connectivity index (χ2n) is 20.7. The minimum absolute atomic E-state index is 0.0137. The lowest BCUT2D eigenvalue weighted by Crippen LogP contribution is -2.04. The largest absolute Gasteiger partial charge is 0.364 e. The molecule has 0 unspecified atom stereocenters. The number of rotatable bonds is 10. The number of aromatic amines is 6. The van der Waals surface area contributed by atoms with Gasteiger partial charge in [0.2, 0.25) is 0 Å². The number of benzene rings is 4. The summed E-state index contributed by atoms with van der Waals surface area (Å²) < 4.78 is 0. The Morgan fingerprint density at radius 3 is 0.895 bits per heavy atom. The number of hydrogen-bond acceptors (Lipinski definition) is 2. The smallest absolute Gasteiger partial charge is 0.0737 e. The summed E-state index contributed by atoms with van der Waals surface area (Å²) in [6.45, 7) is 13.2. The second-order valence-corrected chi connectivity index (χ2v) is 20.7. The highest BCUT2D eigenvalue weighted by atomic mass is 14.8. The third-order valence-corrected chi connectivity index (χ3v) is 15.4. The second kappa shape index (κ2) is 18.8. The van der Waals surface area contributed by atoms with Crippen LogP contribution < -0.4 is 0 Å². The van der Waals surface area contributed by atoms with Gasteiger partial charge in [0.15, 0.2) is 0 Å². The van der Waals surface area contributed by atoms with Crippen LogP contribution in [0.2, 0.25) is 0 Å². The molecule has 7 aromatic heterocycles. The lowest BCUT2D eigenvalue weighted by atomic mass is 9.91. The van der Waals surface area contributed by atoms with Gasteiger partial charge < -0.3 is 29.9 Å². The molecule has 6 N–H and O–H groups in total. The summed E-state index contributed by atoms with van der Waals surface area (Å²) in [6, 6.07) is 52.9. The van der Waals surface area contributed by atoms with Gasteiger partial charge in [-0.05, 0) is 194 Å². The normalized spacial score (nSPS) is 12.2. The molecule has 2 aliphatic rings. The van der Waals surface area contributed by atoms with E-state index < -0.39 is 0 Å². The fraction of sp³-hybridized carbons (Fsp3) is 0.118. The van der Waals surface area contributed by atoms with Gasteiger partial charge in [0.05, 0.1) is 34.6 Å². The summed E-state index contributed by atoms with van der Waals surface area (Å²) in [5, 5.41) is 0. The fourth-order valence-electron chi connectivity index (χ4n) is 12.3. The number of hydrogen-bond donors (Lipinski definition) is 6. The zero-order valence-electron chi connectivity index (χ0n) is 43.5. The molecule has 0 saturated heterocycles. The average molecular weight is 987 g/mol. The Balaban J connectivity index is 1.10. The van der Waals surface area contributed by atoms with Crippen molar-refractivity contribution in [1.82, 2.24) is 39.9 Å². The maximum atomic E-state index is 5.68. The zero-order valence-corrected chi connectivity index (χ0v) is 43.5. The molecule has 0 saturated carbocycles. The van der Waals surface area contributed by atoms with Crippen molar-refractivity contribution in [3.8, 4) is 44.5 Å². The molecule has 0 atom stereocenters. The lowest BCUT2D eigenvalue weighted by molar-refractivity contribution is 0.898. The topological polar surface area (TPSA) is 121 Å². The van der Waals surface area contributed by atoms with Gasteiger partial charge in [0, 0.05) is 91.9 Å². The van der Waals surface area contributed by atoms with Gasteiger partial charge in [-0.25, -0.2) is 9.97 Å². The van der Waals surface area contributed by atoms with E-state index in [0.717, 1.165) is 101 Å². The van der Waals surface area contributed by atoms with Gasteiger partial charge >= 0.3 is 0 Å². The van der Waals surface area contributed by atoms with Gasteiger partial charge in [0.25, 0.3) is 0 Å². The SMILES string of the molecule is Cc1cc(C)c(-c2c3nc(c(-c4ccc(C(c5ccc[nH]5)c5ccc[nH]5)cc4)c4ccc([nH]4)c(-c4c(C)cc(C)cc4C)c4nc(c(-c5ccc(C(c6ccc[nH]6)c6ccc[nH]6)cc5)c5ccc2[nH]5)C=C4)C=C3)c(C)c1. The molecule has 0 aliphatic carbocycles. The van der Waals surface area contributed by atoms with E-state index >= 15 is 0 Å². The van der Waals surface area contributed by atoms with Crippen molar-refractivity contribution in [1.29, 1.82) is 0 Å². The molecule has 76 heavy (non-hydrogen) atoms. The van der Waals surface area contributed by atoms with Crippen LogP contribution in [0.4, 0.5) is 0 Å². The molecular weight excluding hydrogens is 929 g/mol. The van der Waals surface area contributed by atoms with Crippen molar-refractivity contribution >= 4 is 46.4 Å². The predicted octanol–water partition coefficient (Wildman–Crippen LogP) is 16.8. The van der Waals surface area contributed by atoms with Crippen molar-refractivity contribution in [2.45, 2.75) is 53.4 Å². The number of aromatic nitrogens is 8. The Morgan fingerprint density at radius 2 is 0.605 bits per heavy atom. The standard InChI is InChI=1S/C68H58N8/c1-39-35-41(3)61(42(4)36-39)67-57-27-23-53(73-57)65(47-19-15-45(16-20-47)63(49-11-7-31-69-49)50-12-8-32-70-50)55-25-29-59(75-55)68(62-43(5)37-40(2)38-44(62)6)60-30-26-56(76-60)66(54-24-28-58(67)74-54)48-21-17-46(18-22-48)64(51-13-9-33-71-51)52-14-10-34-72-52/h7-38,63-64,69-73,76H,1-6H3. The first-order chi connectivity index (χ1) is 37.1. The Kier molecular flexibility index (Phi) is 11.5. The zero-order chi connectivity index (χ0) is 51.6. The Hall–Kier alpha value is -9.40. The summed E-state index contributed by atoms with van der Waals surface area (Å²) >= 11 is 0. The van der Waals surface area contributed by atoms with Crippen LogP contribution in [-0.4, -0.2) is 39.9 Å². The van der Waals surface area contributed by atoms with Crippen molar-refractivity contribution in [3.63, 3.8) is 0 Å². The molecule has 4 aromatic carbocycles. The van der Waals surface area contributed by atoms with E-state index in [1.807, 2.05) is 24.8 Å². The summed E-state index contributed by atoms with van der Waals surface area (Å²) in [5.74, 6) is 0.0273. The highest BCUT2D eigenvalue weighted by Crippen LogP contribution is 2.42. The molecule has 8 heteroatoms. The van der Waals surface area contributed by atoms with Crippen LogP contribution in [0.5, 0.6) is 0 Å². The molecule has 9 heterocycles. The van der Waals surface area contributed by atoms with E-state index in [0.29, 0.717) is 0 Å².